The lowest BCUT2D eigenvalue weighted by atomic mass is 10.2. The Kier molecular flexibility index (Phi) is 2.74. The van der Waals surface area contributed by atoms with E-state index in [9.17, 15) is 4.79 Å². The average molecular weight is 182 g/mol. The van der Waals surface area contributed by atoms with Crippen molar-refractivity contribution in [1.29, 1.82) is 0 Å². The summed E-state index contributed by atoms with van der Waals surface area (Å²) in [4.78, 5) is 11.1. The van der Waals surface area contributed by atoms with E-state index in [1.54, 1.807) is 0 Å². The minimum atomic E-state index is -0.534. The molecule has 0 aromatic heterocycles. The number of rotatable bonds is 2. The molecule has 0 atom stereocenters. The fourth-order valence-electron chi connectivity index (χ4n) is 0.965. The van der Waals surface area contributed by atoms with Gasteiger partial charge in [0.2, 0.25) is 0 Å². The zero-order valence-corrected chi connectivity index (χ0v) is 7.40. The molecule has 0 saturated heterocycles. The van der Waals surface area contributed by atoms with Crippen molar-refractivity contribution >= 4 is 5.97 Å². The first-order chi connectivity index (χ1) is 6.19. The molecule has 70 valence electrons. The van der Waals surface area contributed by atoms with Crippen molar-refractivity contribution in [1.82, 2.24) is 0 Å². The highest BCUT2D eigenvalue weighted by Crippen LogP contribution is 2.23. The molecule has 4 nitrogen and oxygen atoms in total. The predicted molar refractivity (Wildman–Crippen MR) is 46.0 cm³/mol. The van der Waals surface area contributed by atoms with Crippen molar-refractivity contribution in [3.05, 3.63) is 23.8 Å². The first-order valence-corrected chi connectivity index (χ1v) is 3.64. The molecule has 1 N–H and O–H groups in total. The number of methoxy groups -OCH3 is 2. The highest BCUT2D eigenvalue weighted by Gasteiger charge is 2.12. The number of phenols is 1. The second-order valence-corrected chi connectivity index (χ2v) is 2.38. The number of carbonyl (C=O) groups is 1. The maximum absolute atomic E-state index is 11.1. The molecule has 0 saturated carbocycles. The third kappa shape index (κ3) is 1.90. The zero-order chi connectivity index (χ0) is 9.84. The van der Waals surface area contributed by atoms with Crippen LogP contribution in [0.4, 0.5) is 0 Å². The summed E-state index contributed by atoms with van der Waals surface area (Å²) >= 11 is 0. The van der Waals surface area contributed by atoms with E-state index in [0.29, 0.717) is 5.75 Å². The Morgan fingerprint density at radius 2 is 2.08 bits per heavy atom. The highest BCUT2D eigenvalue weighted by atomic mass is 16.5. The SMILES string of the molecule is COC(=O)c1cc(O)ccc1OC. The third-order valence-electron chi connectivity index (χ3n) is 1.59. The summed E-state index contributed by atoms with van der Waals surface area (Å²) in [5.41, 5.74) is 0.213. The Bertz CT molecular complexity index is 319. The second kappa shape index (κ2) is 3.80. The van der Waals surface area contributed by atoms with E-state index in [1.165, 1.54) is 32.4 Å². The van der Waals surface area contributed by atoms with Crippen LogP contribution in [0.3, 0.4) is 0 Å². The summed E-state index contributed by atoms with van der Waals surface area (Å²) in [7, 11) is 2.71. The van der Waals surface area contributed by atoms with Crippen molar-refractivity contribution in [2.24, 2.45) is 0 Å². The Hall–Kier alpha value is -1.71. The molecule has 1 aromatic carbocycles. The van der Waals surface area contributed by atoms with E-state index in [-0.39, 0.29) is 11.3 Å². The van der Waals surface area contributed by atoms with Gasteiger partial charge in [-0.15, -0.1) is 0 Å². The van der Waals surface area contributed by atoms with E-state index in [0.717, 1.165) is 0 Å². The molecule has 0 aliphatic carbocycles. The largest absolute Gasteiger partial charge is 0.508 e. The van der Waals surface area contributed by atoms with E-state index in [4.69, 9.17) is 9.84 Å². The fraction of sp³-hybridized carbons (Fsp3) is 0.222. The van der Waals surface area contributed by atoms with Crippen molar-refractivity contribution in [3.63, 3.8) is 0 Å². The number of ether oxygens (including phenoxy) is 2. The maximum atomic E-state index is 11.1. The summed E-state index contributed by atoms with van der Waals surface area (Å²) in [6.45, 7) is 0. The minimum absolute atomic E-state index is 0.00111. The number of phenolic OH excluding ortho intramolecular Hbond substituents is 1. The molecule has 1 aromatic rings. The molecule has 0 amide bonds. The van der Waals surface area contributed by atoms with Gasteiger partial charge < -0.3 is 14.6 Å². The van der Waals surface area contributed by atoms with Crippen molar-refractivity contribution < 1.29 is 19.4 Å². The third-order valence-corrected chi connectivity index (χ3v) is 1.59. The van der Waals surface area contributed by atoms with Crippen molar-refractivity contribution in [2.45, 2.75) is 0 Å². The molecule has 1 rings (SSSR count). The van der Waals surface area contributed by atoms with Crippen LogP contribution in [0.25, 0.3) is 0 Å². The lowest BCUT2D eigenvalue weighted by Gasteiger charge is -2.06. The van der Waals surface area contributed by atoms with Gasteiger partial charge in [0.15, 0.2) is 0 Å². The van der Waals surface area contributed by atoms with Crippen LogP contribution in [0.5, 0.6) is 11.5 Å². The normalized spacial score (nSPS) is 9.38. The molecule has 0 aliphatic heterocycles. The molecular weight excluding hydrogens is 172 g/mol. The molecular formula is C9H10O4. The lowest BCUT2D eigenvalue weighted by molar-refractivity contribution is 0.0596. The van der Waals surface area contributed by atoms with Crippen LogP contribution >= 0.6 is 0 Å². The van der Waals surface area contributed by atoms with E-state index < -0.39 is 5.97 Å². The van der Waals surface area contributed by atoms with E-state index >= 15 is 0 Å². The summed E-state index contributed by atoms with van der Waals surface area (Å²) < 4.78 is 9.42. The van der Waals surface area contributed by atoms with Gasteiger partial charge in [0.25, 0.3) is 0 Å². The Labute approximate surface area is 75.7 Å². The summed E-state index contributed by atoms with van der Waals surface area (Å²) in [6.07, 6.45) is 0. The Morgan fingerprint density at radius 3 is 2.62 bits per heavy atom. The average Bonchev–Trinajstić information content (AvgIpc) is 2.16. The molecule has 0 bridgehead atoms. The predicted octanol–water partition coefficient (Wildman–Crippen LogP) is 1.19. The summed E-state index contributed by atoms with van der Waals surface area (Å²) in [5, 5.41) is 9.11. The molecule has 0 spiro atoms. The number of hydrogen-bond donors (Lipinski definition) is 1. The monoisotopic (exact) mass is 182 g/mol. The molecule has 0 fully saturated rings. The van der Waals surface area contributed by atoms with Crippen LogP contribution in [0.15, 0.2) is 18.2 Å². The van der Waals surface area contributed by atoms with Gasteiger partial charge in [0.05, 0.1) is 14.2 Å². The lowest BCUT2D eigenvalue weighted by Crippen LogP contribution is -2.03. The van der Waals surface area contributed by atoms with Gasteiger partial charge in [-0.2, -0.15) is 0 Å². The fourth-order valence-corrected chi connectivity index (χ4v) is 0.965. The van der Waals surface area contributed by atoms with Crippen LogP contribution in [0, 0.1) is 0 Å². The van der Waals surface area contributed by atoms with Crippen LogP contribution in [-0.2, 0) is 4.74 Å². The van der Waals surface area contributed by atoms with E-state index in [1.807, 2.05) is 0 Å². The molecule has 0 unspecified atom stereocenters. The number of esters is 1. The molecule has 13 heavy (non-hydrogen) atoms. The summed E-state index contributed by atoms with van der Waals surface area (Å²) in [6, 6.07) is 4.23. The number of benzene rings is 1. The quantitative estimate of drug-likeness (QED) is 0.698. The van der Waals surface area contributed by atoms with Gasteiger partial charge in [-0.3, -0.25) is 0 Å². The number of carbonyl (C=O) groups excluding carboxylic acids is 1. The first-order valence-electron chi connectivity index (χ1n) is 3.64. The topological polar surface area (TPSA) is 55.8 Å². The Balaban J connectivity index is 3.15. The molecule has 0 aliphatic rings. The van der Waals surface area contributed by atoms with Crippen LogP contribution in [-0.4, -0.2) is 25.3 Å². The second-order valence-electron chi connectivity index (χ2n) is 2.38. The number of hydrogen-bond acceptors (Lipinski definition) is 4. The maximum Gasteiger partial charge on any atom is 0.341 e. The summed E-state index contributed by atoms with van der Waals surface area (Å²) in [5.74, 6) is -0.154. The zero-order valence-electron chi connectivity index (χ0n) is 7.40. The van der Waals surface area contributed by atoms with Crippen molar-refractivity contribution in [2.75, 3.05) is 14.2 Å². The molecule has 0 heterocycles. The van der Waals surface area contributed by atoms with E-state index in [2.05, 4.69) is 4.74 Å². The Morgan fingerprint density at radius 1 is 1.38 bits per heavy atom. The highest BCUT2D eigenvalue weighted by molar-refractivity contribution is 5.92. The van der Waals surface area contributed by atoms with Gasteiger partial charge in [-0.25, -0.2) is 4.79 Å². The van der Waals surface area contributed by atoms with Crippen LogP contribution in [0.2, 0.25) is 0 Å². The number of aromatic hydroxyl groups is 1. The van der Waals surface area contributed by atoms with Gasteiger partial charge in [-0.05, 0) is 18.2 Å². The standard InChI is InChI=1S/C9H10O4/c1-12-8-4-3-6(10)5-7(8)9(11)13-2/h3-5,10H,1-2H3. The molecule has 4 heteroatoms. The van der Waals surface area contributed by atoms with Gasteiger partial charge >= 0.3 is 5.97 Å². The van der Waals surface area contributed by atoms with Crippen molar-refractivity contribution in [3.8, 4) is 11.5 Å². The van der Waals surface area contributed by atoms with Crippen LogP contribution in [0.1, 0.15) is 10.4 Å². The first kappa shape index (κ1) is 9.38. The van der Waals surface area contributed by atoms with Gasteiger partial charge in [-0.1, -0.05) is 0 Å². The van der Waals surface area contributed by atoms with Gasteiger partial charge in [0, 0.05) is 0 Å². The smallest absolute Gasteiger partial charge is 0.341 e. The molecule has 0 radical (unpaired) electrons. The minimum Gasteiger partial charge on any atom is -0.508 e. The van der Waals surface area contributed by atoms with Gasteiger partial charge in [0.1, 0.15) is 17.1 Å². The van der Waals surface area contributed by atoms with Crippen LogP contribution < -0.4 is 4.74 Å².